The summed E-state index contributed by atoms with van der Waals surface area (Å²) in [4.78, 5) is 16.7. The zero-order valence-corrected chi connectivity index (χ0v) is 14.3. The number of carbonyl (C=O) groups is 1. The van der Waals surface area contributed by atoms with E-state index in [-0.39, 0.29) is 30.0 Å². The normalized spacial score (nSPS) is 26.7. The van der Waals surface area contributed by atoms with Crippen LogP contribution < -0.4 is 0 Å². The third kappa shape index (κ3) is 3.77. The molecule has 2 aliphatic rings. The molecule has 1 amide bonds. The van der Waals surface area contributed by atoms with Crippen molar-refractivity contribution in [1.82, 2.24) is 9.80 Å². The first-order valence-electron chi connectivity index (χ1n) is 8.51. The summed E-state index contributed by atoms with van der Waals surface area (Å²) >= 11 is 0. The van der Waals surface area contributed by atoms with Gasteiger partial charge in [0.1, 0.15) is 18.0 Å². The largest absolute Gasteiger partial charge is 0.373 e. The molecule has 132 valence electrons. The number of ether oxygens (including phenoxy) is 2. The van der Waals surface area contributed by atoms with Gasteiger partial charge in [-0.3, -0.25) is 4.79 Å². The summed E-state index contributed by atoms with van der Waals surface area (Å²) in [6.45, 7) is 2.69. The Labute approximate surface area is 142 Å². The third-order valence-electron chi connectivity index (χ3n) is 4.70. The van der Waals surface area contributed by atoms with Crippen molar-refractivity contribution < 1.29 is 18.7 Å². The average Bonchev–Trinajstić information content (AvgIpc) is 2.94. The summed E-state index contributed by atoms with van der Waals surface area (Å²) in [6.07, 6.45) is 1.70. The summed E-state index contributed by atoms with van der Waals surface area (Å²) < 4.78 is 25.0. The van der Waals surface area contributed by atoms with Gasteiger partial charge in [0, 0.05) is 18.7 Å². The maximum absolute atomic E-state index is 13.1. The highest BCUT2D eigenvalue weighted by Crippen LogP contribution is 2.31. The molecule has 0 aromatic heterocycles. The van der Waals surface area contributed by atoms with E-state index in [1.807, 2.05) is 19.0 Å². The summed E-state index contributed by atoms with van der Waals surface area (Å²) in [5.41, 5.74) is 0.509. The maximum Gasteiger partial charge on any atom is 0.254 e. The molecule has 0 radical (unpaired) electrons. The van der Waals surface area contributed by atoms with Gasteiger partial charge in [-0.2, -0.15) is 0 Å². The molecular weight excluding hydrogens is 311 g/mol. The molecule has 0 unspecified atom stereocenters. The van der Waals surface area contributed by atoms with E-state index in [9.17, 15) is 9.18 Å². The SMILES string of the molecule is CN(C)CCO[C@@H]1CN(C(=O)c2ccc(F)cc2)[C@H]2CCCO[C@@H]12. The highest BCUT2D eigenvalue weighted by atomic mass is 19.1. The van der Waals surface area contributed by atoms with Crippen LogP contribution in [0, 0.1) is 5.82 Å². The molecule has 0 bridgehead atoms. The summed E-state index contributed by atoms with van der Waals surface area (Å²) in [6, 6.07) is 5.76. The van der Waals surface area contributed by atoms with Gasteiger partial charge in [-0.15, -0.1) is 0 Å². The predicted molar refractivity (Wildman–Crippen MR) is 88.5 cm³/mol. The Kier molecular flexibility index (Phi) is 5.48. The van der Waals surface area contributed by atoms with Crippen LogP contribution in [0.3, 0.4) is 0 Å². The second-order valence-corrected chi connectivity index (χ2v) is 6.72. The van der Waals surface area contributed by atoms with Crippen LogP contribution >= 0.6 is 0 Å². The molecular formula is C18H25FN2O3. The number of hydrogen-bond acceptors (Lipinski definition) is 4. The molecule has 0 N–H and O–H groups in total. The van der Waals surface area contributed by atoms with Crippen LogP contribution in [0.4, 0.5) is 4.39 Å². The number of carbonyl (C=O) groups excluding carboxylic acids is 1. The maximum atomic E-state index is 13.1. The van der Waals surface area contributed by atoms with Gasteiger partial charge in [-0.1, -0.05) is 0 Å². The Morgan fingerprint density at radius 2 is 2.12 bits per heavy atom. The molecule has 2 saturated heterocycles. The van der Waals surface area contributed by atoms with Gasteiger partial charge >= 0.3 is 0 Å². The highest BCUT2D eigenvalue weighted by Gasteiger charge is 2.46. The van der Waals surface area contributed by atoms with E-state index < -0.39 is 0 Å². The third-order valence-corrected chi connectivity index (χ3v) is 4.70. The minimum absolute atomic E-state index is 0.0423. The van der Waals surface area contributed by atoms with Gasteiger partial charge < -0.3 is 19.3 Å². The van der Waals surface area contributed by atoms with E-state index in [4.69, 9.17) is 9.47 Å². The van der Waals surface area contributed by atoms with Gasteiger partial charge in [-0.25, -0.2) is 4.39 Å². The Balaban J connectivity index is 1.70. The van der Waals surface area contributed by atoms with Crippen molar-refractivity contribution in [2.45, 2.75) is 31.1 Å². The standard InChI is InChI=1S/C18H25FN2O3/c1-20(2)9-11-23-16-12-21(15-4-3-10-24-17(15)16)18(22)13-5-7-14(19)8-6-13/h5-8,15-17H,3-4,9-12H2,1-2H3/t15-,16+,17+/m0/s1. The van der Waals surface area contributed by atoms with Crippen LogP contribution in [-0.4, -0.2) is 74.4 Å². The quantitative estimate of drug-likeness (QED) is 0.822. The summed E-state index contributed by atoms with van der Waals surface area (Å²) in [5.74, 6) is -0.411. The van der Waals surface area contributed by atoms with Crippen molar-refractivity contribution in [1.29, 1.82) is 0 Å². The molecule has 6 heteroatoms. The Hall–Kier alpha value is -1.50. The van der Waals surface area contributed by atoms with Crippen LogP contribution in [0.2, 0.25) is 0 Å². The van der Waals surface area contributed by atoms with Crippen molar-refractivity contribution >= 4 is 5.91 Å². The topological polar surface area (TPSA) is 42.0 Å². The van der Waals surface area contributed by atoms with Crippen LogP contribution in [0.1, 0.15) is 23.2 Å². The fourth-order valence-corrected chi connectivity index (χ4v) is 3.43. The molecule has 1 aromatic rings. The van der Waals surface area contributed by atoms with Crippen LogP contribution in [0.5, 0.6) is 0 Å². The average molecular weight is 336 g/mol. The molecule has 0 aliphatic carbocycles. The second-order valence-electron chi connectivity index (χ2n) is 6.72. The fraction of sp³-hybridized carbons (Fsp3) is 0.611. The number of hydrogen-bond donors (Lipinski definition) is 0. The van der Waals surface area contributed by atoms with E-state index in [0.717, 1.165) is 19.4 Å². The Bertz CT molecular complexity index is 564. The summed E-state index contributed by atoms with van der Waals surface area (Å²) in [7, 11) is 4.00. The number of nitrogens with zero attached hydrogens (tertiary/aromatic N) is 2. The fourth-order valence-electron chi connectivity index (χ4n) is 3.43. The van der Waals surface area contributed by atoms with Crippen molar-refractivity contribution in [3.63, 3.8) is 0 Å². The van der Waals surface area contributed by atoms with E-state index in [1.54, 1.807) is 0 Å². The first kappa shape index (κ1) is 17.3. The van der Waals surface area contributed by atoms with Gasteiger partial charge in [-0.05, 0) is 51.2 Å². The molecule has 0 saturated carbocycles. The highest BCUT2D eigenvalue weighted by molar-refractivity contribution is 5.94. The predicted octanol–water partition coefficient (Wildman–Crippen LogP) is 1.78. The molecule has 3 atom stereocenters. The molecule has 2 aliphatic heterocycles. The number of amides is 1. The van der Waals surface area contributed by atoms with Crippen LogP contribution in [0.25, 0.3) is 0 Å². The number of likely N-dealkylation sites (tertiary alicyclic amines) is 1. The number of likely N-dealkylation sites (N-methyl/N-ethyl adjacent to an activating group) is 1. The van der Waals surface area contributed by atoms with E-state index >= 15 is 0 Å². The van der Waals surface area contributed by atoms with Crippen LogP contribution in [0.15, 0.2) is 24.3 Å². The first-order valence-corrected chi connectivity index (χ1v) is 8.51. The van der Waals surface area contributed by atoms with Gasteiger partial charge in [0.2, 0.25) is 0 Å². The lowest BCUT2D eigenvalue weighted by Gasteiger charge is -2.32. The minimum Gasteiger partial charge on any atom is -0.373 e. The van der Waals surface area contributed by atoms with Gasteiger partial charge in [0.25, 0.3) is 5.91 Å². The second kappa shape index (κ2) is 7.59. The van der Waals surface area contributed by atoms with Gasteiger partial charge in [0.15, 0.2) is 0 Å². The lowest BCUT2D eigenvalue weighted by atomic mass is 10.0. The van der Waals surface area contributed by atoms with Crippen molar-refractivity contribution in [2.24, 2.45) is 0 Å². The smallest absolute Gasteiger partial charge is 0.254 e. The molecule has 5 nitrogen and oxygen atoms in total. The zero-order chi connectivity index (χ0) is 17.1. The molecule has 2 fully saturated rings. The van der Waals surface area contributed by atoms with Crippen molar-refractivity contribution in [3.8, 4) is 0 Å². The zero-order valence-electron chi connectivity index (χ0n) is 14.3. The molecule has 1 aromatic carbocycles. The number of benzene rings is 1. The Morgan fingerprint density at radius 1 is 1.38 bits per heavy atom. The molecule has 2 heterocycles. The molecule has 0 spiro atoms. The first-order chi connectivity index (χ1) is 11.6. The number of fused-ring (bicyclic) bond motifs is 1. The van der Waals surface area contributed by atoms with Crippen LogP contribution in [-0.2, 0) is 9.47 Å². The van der Waals surface area contributed by atoms with Crippen molar-refractivity contribution in [3.05, 3.63) is 35.6 Å². The van der Waals surface area contributed by atoms with Crippen molar-refractivity contribution in [2.75, 3.05) is 40.4 Å². The number of rotatable bonds is 5. The molecule has 24 heavy (non-hydrogen) atoms. The van der Waals surface area contributed by atoms with E-state index in [0.29, 0.717) is 25.3 Å². The lowest BCUT2D eigenvalue weighted by molar-refractivity contribution is -0.0776. The monoisotopic (exact) mass is 336 g/mol. The Morgan fingerprint density at radius 3 is 2.83 bits per heavy atom. The lowest BCUT2D eigenvalue weighted by Crippen LogP contribution is -2.44. The van der Waals surface area contributed by atoms with E-state index in [1.165, 1.54) is 24.3 Å². The minimum atomic E-state index is -0.336. The summed E-state index contributed by atoms with van der Waals surface area (Å²) in [5, 5.41) is 0. The van der Waals surface area contributed by atoms with Gasteiger partial charge in [0.05, 0.1) is 19.2 Å². The van der Waals surface area contributed by atoms with E-state index in [2.05, 4.69) is 4.90 Å². The molecule has 3 rings (SSSR count). The number of halogens is 1.